The van der Waals surface area contributed by atoms with Crippen LogP contribution in [0.15, 0.2) is 18.5 Å². The van der Waals surface area contributed by atoms with E-state index in [0.717, 1.165) is 12.1 Å². The first kappa shape index (κ1) is 12.9. The molecule has 1 aromatic carbocycles. The van der Waals surface area contributed by atoms with Crippen molar-refractivity contribution in [1.29, 1.82) is 0 Å². The number of hydrogen-bond acceptors (Lipinski definition) is 5. The number of halogens is 1. The Labute approximate surface area is 107 Å². The Kier molecular flexibility index (Phi) is 3.41. The molecule has 0 bridgehead atoms. The first-order valence-electron chi connectivity index (χ1n) is 5.49. The van der Waals surface area contributed by atoms with Gasteiger partial charge in [0.05, 0.1) is 17.1 Å². The van der Waals surface area contributed by atoms with E-state index in [9.17, 15) is 14.5 Å². The van der Waals surface area contributed by atoms with Crippen LogP contribution in [-0.2, 0) is 7.05 Å². The van der Waals surface area contributed by atoms with Crippen LogP contribution in [0.3, 0.4) is 0 Å². The number of aromatic nitrogens is 3. The molecule has 0 aliphatic carbocycles. The standard InChI is InChI=1S/C11H11FN4O3/c1-3-19-10-5-8(12)9(16(17)18)4-7(10)11-13-6-15(2)14-11/h4-6H,3H2,1-2H3. The summed E-state index contributed by atoms with van der Waals surface area (Å²) in [5, 5.41) is 14.8. The summed E-state index contributed by atoms with van der Waals surface area (Å²) in [5.41, 5.74) is -0.346. The lowest BCUT2D eigenvalue weighted by Gasteiger charge is -2.08. The number of nitro groups is 1. The molecule has 7 nitrogen and oxygen atoms in total. The predicted molar refractivity (Wildman–Crippen MR) is 64.2 cm³/mol. The highest BCUT2D eigenvalue weighted by Crippen LogP contribution is 2.33. The predicted octanol–water partition coefficient (Wildman–Crippen LogP) is 1.93. The summed E-state index contributed by atoms with van der Waals surface area (Å²) in [4.78, 5) is 14.0. The summed E-state index contributed by atoms with van der Waals surface area (Å²) in [6.07, 6.45) is 1.44. The molecule has 8 heteroatoms. The molecule has 1 heterocycles. The van der Waals surface area contributed by atoms with Gasteiger partial charge in [-0.05, 0) is 6.92 Å². The zero-order valence-electron chi connectivity index (χ0n) is 10.3. The third-order valence-electron chi connectivity index (χ3n) is 2.39. The maximum atomic E-state index is 13.6. The molecule has 0 fully saturated rings. The summed E-state index contributed by atoms with van der Waals surface area (Å²) in [7, 11) is 1.66. The van der Waals surface area contributed by atoms with Crippen molar-refractivity contribution in [3.63, 3.8) is 0 Å². The molecule has 100 valence electrons. The molecule has 0 amide bonds. The van der Waals surface area contributed by atoms with E-state index in [1.165, 1.54) is 11.0 Å². The molecule has 0 N–H and O–H groups in total. The number of aryl methyl sites for hydroxylation is 1. The van der Waals surface area contributed by atoms with Gasteiger partial charge in [0.15, 0.2) is 5.82 Å². The van der Waals surface area contributed by atoms with Crippen molar-refractivity contribution in [2.24, 2.45) is 7.05 Å². The first-order chi connectivity index (χ1) is 9.02. The van der Waals surface area contributed by atoms with Gasteiger partial charge < -0.3 is 4.74 Å². The van der Waals surface area contributed by atoms with Crippen molar-refractivity contribution >= 4 is 5.69 Å². The first-order valence-corrected chi connectivity index (χ1v) is 5.49. The monoisotopic (exact) mass is 266 g/mol. The van der Waals surface area contributed by atoms with E-state index >= 15 is 0 Å². The van der Waals surface area contributed by atoms with E-state index in [1.54, 1.807) is 14.0 Å². The van der Waals surface area contributed by atoms with Crippen molar-refractivity contribution in [3.8, 4) is 17.1 Å². The Morgan fingerprint density at radius 1 is 1.53 bits per heavy atom. The third kappa shape index (κ3) is 2.51. The molecule has 0 unspecified atom stereocenters. The van der Waals surface area contributed by atoms with Gasteiger partial charge in [-0.2, -0.15) is 9.49 Å². The van der Waals surface area contributed by atoms with Gasteiger partial charge in [-0.1, -0.05) is 0 Å². The van der Waals surface area contributed by atoms with Gasteiger partial charge in [-0.15, -0.1) is 0 Å². The molecule has 0 aliphatic rings. The fourth-order valence-corrected chi connectivity index (χ4v) is 1.60. The normalized spacial score (nSPS) is 10.5. The maximum absolute atomic E-state index is 13.6. The van der Waals surface area contributed by atoms with Crippen LogP contribution in [0.2, 0.25) is 0 Å². The molecule has 2 aromatic rings. The molecular weight excluding hydrogens is 255 g/mol. The second-order valence-corrected chi connectivity index (χ2v) is 3.73. The smallest absolute Gasteiger partial charge is 0.305 e. The molecule has 0 atom stereocenters. The van der Waals surface area contributed by atoms with Crippen LogP contribution in [-0.4, -0.2) is 26.3 Å². The van der Waals surface area contributed by atoms with E-state index in [4.69, 9.17) is 4.74 Å². The van der Waals surface area contributed by atoms with E-state index in [0.29, 0.717) is 6.61 Å². The molecule has 0 saturated heterocycles. The van der Waals surface area contributed by atoms with Gasteiger partial charge in [0.1, 0.15) is 12.1 Å². The topological polar surface area (TPSA) is 83.1 Å². The van der Waals surface area contributed by atoms with Crippen LogP contribution < -0.4 is 4.74 Å². The summed E-state index contributed by atoms with van der Waals surface area (Å²) in [6.45, 7) is 2.03. The average molecular weight is 266 g/mol. The van der Waals surface area contributed by atoms with Gasteiger partial charge >= 0.3 is 5.69 Å². The maximum Gasteiger partial charge on any atom is 0.305 e. The van der Waals surface area contributed by atoms with Gasteiger partial charge in [-0.3, -0.25) is 14.8 Å². The Balaban J connectivity index is 2.61. The van der Waals surface area contributed by atoms with Crippen LogP contribution in [0.1, 0.15) is 6.92 Å². The summed E-state index contributed by atoms with van der Waals surface area (Å²) in [5.74, 6) is -0.529. The minimum Gasteiger partial charge on any atom is -0.493 e. The summed E-state index contributed by atoms with van der Waals surface area (Å²) in [6, 6.07) is 2.06. The van der Waals surface area contributed by atoms with Crippen LogP contribution in [0.4, 0.5) is 10.1 Å². The minimum atomic E-state index is -0.951. The number of nitrogens with zero attached hydrogens (tertiary/aromatic N) is 4. The summed E-state index contributed by atoms with van der Waals surface area (Å²) < 4.78 is 20.3. The molecular formula is C11H11FN4O3. The van der Waals surface area contributed by atoms with E-state index < -0.39 is 16.4 Å². The quantitative estimate of drug-likeness (QED) is 0.623. The molecule has 0 spiro atoms. The number of hydrogen-bond donors (Lipinski definition) is 0. The Bertz CT molecular complexity index is 626. The van der Waals surface area contributed by atoms with Gasteiger partial charge in [-0.25, -0.2) is 4.98 Å². The lowest BCUT2D eigenvalue weighted by atomic mass is 10.1. The largest absolute Gasteiger partial charge is 0.493 e. The average Bonchev–Trinajstić information content (AvgIpc) is 2.76. The SMILES string of the molecule is CCOc1cc(F)c([N+](=O)[O-])cc1-c1ncn(C)n1. The van der Waals surface area contributed by atoms with E-state index in [-0.39, 0.29) is 17.1 Å². The Morgan fingerprint density at radius 3 is 2.79 bits per heavy atom. The number of benzene rings is 1. The second-order valence-electron chi connectivity index (χ2n) is 3.73. The van der Waals surface area contributed by atoms with Crippen LogP contribution in [0.5, 0.6) is 5.75 Å². The van der Waals surface area contributed by atoms with Crippen LogP contribution >= 0.6 is 0 Å². The van der Waals surface area contributed by atoms with E-state index in [1.807, 2.05) is 0 Å². The molecule has 0 radical (unpaired) electrons. The molecule has 1 aromatic heterocycles. The zero-order chi connectivity index (χ0) is 14.0. The third-order valence-corrected chi connectivity index (χ3v) is 2.39. The number of rotatable bonds is 4. The number of nitro benzene ring substituents is 1. The summed E-state index contributed by atoms with van der Waals surface area (Å²) >= 11 is 0. The van der Waals surface area contributed by atoms with Gasteiger partial charge in [0.2, 0.25) is 5.82 Å². The highest BCUT2D eigenvalue weighted by atomic mass is 19.1. The fraction of sp³-hybridized carbons (Fsp3) is 0.273. The lowest BCUT2D eigenvalue weighted by molar-refractivity contribution is -0.387. The van der Waals surface area contributed by atoms with Crippen LogP contribution in [0.25, 0.3) is 11.4 Å². The minimum absolute atomic E-state index is 0.178. The van der Waals surface area contributed by atoms with Crippen LogP contribution in [0, 0.1) is 15.9 Å². The molecule has 19 heavy (non-hydrogen) atoms. The van der Waals surface area contributed by atoms with Crippen molar-refractivity contribution in [1.82, 2.24) is 14.8 Å². The fourth-order valence-electron chi connectivity index (χ4n) is 1.60. The number of ether oxygens (including phenoxy) is 1. The Morgan fingerprint density at radius 2 is 2.26 bits per heavy atom. The highest BCUT2D eigenvalue weighted by molar-refractivity contribution is 5.67. The lowest BCUT2D eigenvalue weighted by Crippen LogP contribution is -2.00. The zero-order valence-corrected chi connectivity index (χ0v) is 10.3. The van der Waals surface area contributed by atoms with Crippen molar-refractivity contribution in [2.75, 3.05) is 6.61 Å². The van der Waals surface area contributed by atoms with Crippen molar-refractivity contribution in [2.45, 2.75) is 6.92 Å². The molecule has 0 saturated carbocycles. The highest BCUT2D eigenvalue weighted by Gasteiger charge is 2.21. The molecule has 0 aliphatic heterocycles. The van der Waals surface area contributed by atoms with Gasteiger partial charge in [0, 0.05) is 19.2 Å². The van der Waals surface area contributed by atoms with Gasteiger partial charge in [0.25, 0.3) is 0 Å². The van der Waals surface area contributed by atoms with E-state index in [2.05, 4.69) is 10.1 Å². The van der Waals surface area contributed by atoms with Crippen molar-refractivity contribution < 1.29 is 14.1 Å². The van der Waals surface area contributed by atoms with Crippen molar-refractivity contribution in [3.05, 3.63) is 34.4 Å². The second kappa shape index (κ2) is 5.01. The molecule has 2 rings (SSSR count). The Hall–Kier alpha value is -2.51.